The average molecular weight is 326 g/mol. The molecular weight excluding hydrogens is 308 g/mol. The topological polar surface area (TPSA) is 70.7 Å². The first kappa shape index (κ1) is 15.6. The zero-order valence-corrected chi connectivity index (χ0v) is 13.6. The van der Waals surface area contributed by atoms with E-state index in [4.69, 9.17) is 0 Å². The lowest BCUT2D eigenvalue weighted by molar-refractivity contribution is -0.119. The standard InChI is InChI=1S/C17H18N4OS/c1-12(20-16(22)10-23-17-18-11-19-21-17)8-13-6-7-14-4-2-3-5-15(14)9-13/h2-7,9,11-12H,8,10H2,1H3,(H,20,22)(H,18,19,21)/t12-/m1/s1. The Balaban J connectivity index is 1.53. The zero-order chi connectivity index (χ0) is 16.1. The summed E-state index contributed by atoms with van der Waals surface area (Å²) in [7, 11) is 0. The van der Waals surface area contributed by atoms with E-state index in [1.807, 2.05) is 19.1 Å². The highest BCUT2D eigenvalue weighted by atomic mass is 32.2. The minimum Gasteiger partial charge on any atom is -0.353 e. The number of hydrogen-bond donors (Lipinski definition) is 2. The highest BCUT2D eigenvalue weighted by Crippen LogP contribution is 2.17. The van der Waals surface area contributed by atoms with Crippen molar-refractivity contribution in [3.05, 3.63) is 54.4 Å². The first-order valence-corrected chi connectivity index (χ1v) is 8.44. The third-order valence-electron chi connectivity index (χ3n) is 3.50. The highest BCUT2D eigenvalue weighted by molar-refractivity contribution is 7.99. The Morgan fingerprint density at radius 1 is 1.26 bits per heavy atom. The smallest absolute Gasteiger partial charge is 0.230 e. The van der Waals surface area contributed by atoms with E-state index in [0.29, 0.717) is 10.9 Å². The summed E-state index contributed by atoms with van der Waals surface area (Å²) in [5, 5.41) is 12.6. The fourth-order valence-electron chi connectivity index (χ4n) is 2.48. The molecule has 0 unspecified atom stereocenters. The van der Waals surface area contributed by atoms with E-state index in [-0.39, 0.29) is 11.9 Å². The number of aromatic amines is 1. The first-order chi connectivity index (χ1) is 11.2. The van der Waals surface area contributed by atoms with Crippen LogP contribution in [0.15, 0.2) is 53.9 Å². The van der Waals surface area contributed by atoms with Crippen LogP contribution in [0, 0.1) is 0 Å². The number of carbonyl (C=O) groups excluding carboxylic acids is 1. The Labute approximate surface area is 138 Å². The summed E-state index contributed by atoms with van der Waals surface area (Å²) >= 11 is 1.34. The summed E-state index contributed by atoms with van der Waals surface area (Å²) in [5.74, 6) is 0.330. The van der Waals surface area contributed by atoms with Gasteiger partial charge in [-0.2, -0.15) is 5.10 Å². The minimum atomic E-state index is -0.000288. The van der Waals surface area contributed by atoms with Gasteiger partial charge < -0.3 is 5.32 Å². The monoisotopic (exact) mass is 326 g/mol. The van der Waals surface area contributed by atoms with Crippen LogP contribution in [-0.2, 0) is 11.2 Å². The number of benzene rings is 2. The number of nitrogens with one attached hydrogen (secondary N) is 2. The molecular formula is C17H18N4OS. The van der Waals surface area contributed by atoms with Crippen LogP contribution in [0.2, 0.25) is 0 Å². The number of H-pyrrole nitrogens is 1. The number of fused-ring (bicyclic) bond motifs is 1. The predicted molar refractivity (Wildman–Crippen MR) is 92.4 cm³/mol. The van der Waals surface area contributed by atoms with Crippen molar-refractivity contribution in [3.63, 3.8) is 0 Å². The number of amides is 1. The predicted octanol–water partition coefficient (Wildman–Crippen LogP) is 2.80. The number of thioether (sulfide) groups is 1. The Hall–Kier alpha value is -2.34. The molecule has 0 bridgehead atoms. The minimum absolute atomic E-state index is 0.000288. The van der Waals surface area contributed by atoms with Gasteiger partial charge in [-0.15, -0.1) is 0 Å². The molecule has 2 N–H and O–H groups in total. The van der Waals surface area contributed by atoms with E-state index in [1.165, 1.54) is 34.4 Å². The molecule has 0 saturated heterocycles. The van der Waals surface area contributed by atoms with E-state index in [1.54, 1.807) is 0 Å². The van der Waals surface area contributed by atoms with Crippen molar-refractivity contribution in [3.8, 4) is 0 Å². The maximum Gasteiger partial charge on any atom is 0.230 e. The summed E-state index contributed by atoms with van der Waals surface area (Å²) in [6.45, 7) is 2.02. The van der Waals surface area contributed by atoms with Gasteiger partial charge >= 0.3 is 0 Å². The Bertz CT molecular complexity index is 788. The summed E-state index contributed by atoms with van der Waals surface area (Å²) in [6.07, 6.45) is 2.24. The normalized spacial score (nSPS) is 12.2. The van der Waals surface area contributed by atoms with E-state index < -0.39 is 0 Å². The van der Waals surface area contributed by atoms with Gasteiger partial charge in [0.2, 0.25) is 5.91 Å². The molecule has 0 radical (unpaired) electrons. The SMILES string of the molecule is C[C@H](Cc1ccc2ccccc2c1)NC(=O)CSc1ncn[nH]1. The molecule has 3 aromatic rings. The number of hydrogen-bond acceptors (Lipinski definition) is 4. The molecule has 5 nitrogen and oxygen atoms in total. The van der Waals surface area contributed by atoms with Gasteiger partial charge in [-0.1, -0.05) is 54.2 Å². The molecule has 0 aliphatic carbocycles. The van der Waals surface area contributed by atoms with Crippen molar-refractivity contribution in [1.82, 2.24) is 20.5 Å². The van der Waals surface area contributed by atoms with Crippen LogP contribution in [0.3, 0.4) is 0 Å². The molecule has 0 aliphatic heterocycles. The Kier molecular flexibility index (Phi) is 4.92. The summed E-state index contributed by atoms with van der Waals surface area (Å²) in [4.78, 5) is 15.9. The third-order valence-corrected chi connectivity index (χ3v) is 4.37. The maximum absolute atomic E-state index is 12.0. The molecule has 0 spiro atoms. The molecule has 23 heavy (non-hydrogen) atoms. The number of carbonyl (C=O) groups is 1. The van der Waals surface area contributed by atoms with Crippen molar-refractivity contribution < 1.29 is 4.79 Å². The van der Waals surface area contributed by atoms with Crippen LogP contribution in [0.1, 0.15) is 12.5 Å². The summed E-state index contributed by atoms with van der Waals surface area (Å²) in [6, 6.07) is 14.8. The van der Waals surface area contributed by atoms with E-state index >= 15 is 0 Å². The molecule has 1 atom stereocenters. The van der Waals surface area contributed by atoms with Crippen molar-refractivity contribution in [1.29, 1.82) is 0 Å². The molecule has 118 valence electrons. The van der Waals surface area contributed by atoms with E-state index in [2.05, 4.69) is 50.8 Å². The molecule has 6 heteroatoms. The second kappa shape index (κ2) is 7.28. The Morgan fingerprint density at radius 2 is 2.09 bits per heavy atom. The number of nitrogens with zero attached hydrogens (tertiary/aromatic N) is 2. The van der Waals surface area contributed by atoms with Gasteiger partial charge in [0.15, 0.2) is 5.16 Å². The van der Waals surface area contributed by atoms with Gasteiger partial charge in [0, 0.05) is 6.04 Å². The molecule has 0 saturated carbocycles. The second-order valence-electron chi connectivity index (χ2n) is 5.43. The third kappa shape index (κ3) is 4.32. The molecule has 0 aliphatic rings. The van der Waals surface area contributed by atoms with E-state index in [9.17, 15) is 4.79 Å². The van der Waals surface area contributed by atoms with Gasteiger partial charge in [0.05, 0.1) is 5.75 Å². The maximum atomic E-state index is 12.0. The molecule has 1 aromatic heterocycles. The molecule has 1 amide bonds. The number of rotatable bonds is 6. The quantitative estimate of drug-likeness (QED) is 0.683. The lowest BCUT2D eigenvalue weighted by Crippen LogP contribution is -2.35. The zero-order valence-electron chi connectivity index (χ0n) is 12.8. The molecule has 3 rings (SSSR count). The highest BCUT2D eigenvalue weighted by Gasteiger charge is 2.10. The van der Waals surface area contributed by atoms with Crippen LogP contribution < -0.4 is 5.32 Å². The largest absolute Gasteiger partial charge is 0.353 e. The Morgan fingerprint density at radius 3 is 2.87 bits per heavy atom. The van der Waals surface area contributed by atoms with Gasteiger partial charge in [0.25, 0.3) is 0 Å². The first-order valence-electron chi connectivity index (χ1n) is 7.46. The van der Waals surface area contributed by atoms with Crippen LogP contribution in [0.5, 0.6) is 0 Å². The summed E-state index contributed by atoms with van der Waals surface area (Å²) < 4.78 is 0. The fraction of sp³-hybridized carbons (Fsp3) is 0.235. The average Bonchev–Trinajstić information content (AvgIpc) is 3.06. The van der Waals surface area contributed by atoms with Gasteiger partial charge in [-0.25, -0.2) is 4.98 Å². The van der Waals surface area contributed by atoms with E-state index in [0.717, 1.165) is 6.42 Å². The van der Waals surface area contributed by atoms with Crippen LogP contribution >= 0.6 is 11.8 Å². The van der Waals surface area contributed by atoms with Crippen molar-refractivity contribution in [2.45, 2.75) is 24.5 Å². The van der Waals surface area contributed by atoms with Crippen molar-refractivity contribution >= 4 is 28.4 Å². The van der Waals surface area contributed by atoms with Crippen molar-refractivity contribution in [2.75, 3.05) is 5.75 Å². The second-order valence-corrected chi connectivity index (χ2v) is 6.40. The van der Waals surface area contributed by atoms with Gasteiger partial charge in [-0.05, 0) is 29.7 Å². The number of aromatic nitrogens is 3. The van der Waals surface area contributed by atoms with Crippen LogP contribution in [-0.4, -0.2) is 32.9 Å². The van der Waals surface area contributed by atoms with Crippen molar-refractivity contribution in [2.24, 2.45) is 0 Å². The molecule has 0 fully saturated rings. The fourth-order valence-corrected chi connectivity index (χ4v) is 3.07. The lowest BCUT2D eigenvalue weighted by Gasteiger charge is -2.14. The van der Waals surface area contributed by atoms with Crippen LogP contribution in [0.4, 0.5) is 0 Å². The van der Waals surface area contributed by atoms with Crippen LogP contribution in [0.25, 0.3) is 10.8 Å². The van der Waals surface area contributed by atoms with Gasteiger partial charge in [0.1, 0.15) is 6.33 Å². The lowest BCUT2D eigenvalue weighted by atomic mass is 10.0. The summed E-state index contributed by atoms with van der Waals surface area (Å²) in [5.41, 5.74) is 1.22. The molecule has 2 aromatic carbocycles. The van der Waals surface area contributed by atoms with Gasteiger partial charge in [-0.3, -0.25) is 9.89 Å². The molecule has 1 heterocycles.